The average Bonchev–Trinajstić information content (AvgIpc) is 3.26. The summed E-state index contributed by atoms with van der Waals surface area (Å²) in [6.07, 6.45) is 3.42. The molecule has 11 heteroatoms. The Hall–Kier alpha value is -2.95. The van der Waals surface area contributed by atoms with Gasteiger partial charge in [-0.15, -0.1) is 0 Å². The summed E-state index contributed by atoms with van der Waals surface area (Å²) < 4.78 is 48.6. The highest BCUT2D eigenvalue weighted by atomic mass is 32.2. The maximum atomic E-state index is 14.4. The van der Waals surface area contributed by atoms with E-state index in [1.165, 1.54) is 18.5 Å². The number of hydrogen-bond donors (Lipinski definition) is 0. The van der Waals surface area contributed by atoms with Gasteiger partial charge in [-0.05, 0) is 51.8 Å². The van der Waals surface area contributed by atoms with Gasteiger partial charge in [0, 0.05) is 18.9 Å². The molecule has 4 rings (SSSR count). The molecule has 32 heavy (non-hydrogen) atoms. The number of aromatic nitrogens is 2. The first kappa shape index (κ1) is 22.3. The number of carbonyl (C=O) groups is 1. The third-order valence-corrected chi connectivity index (χ3v) is 6.42. The van der Waals surface area contributed by atoms with Crippen molar-refractivity contribution in [3.8, 4) is 11.6 Å². The second-order valence-corrected chi connectivity index (χ2v) is 10.9. The van der Waals surface area contributed by atoms with Crippen molar-refractivity contribution in [3.05, 3.63) is 36.4 Å². The van der Waals surface area contributed by atoms with E-state index in [0.717, 1.165) is 25.2 Å². The molecule has 2 aromatic rings. The number of carbonyl (C=O) groups excluding carboxylic acids is 1. The van der Waals surface area contributed by atoms with Crippen molar-refractivity contribution in [2.75, 3.05) is 17.7 Å². The Morgan fingerprint density at radius 3 is 2.59 bits per heavy atom. The molecular weight excluding hydrogens is 439 g/mol. The zero-order valence-corrected chi connectivity index (χ0v) is 19.1. The van der Waals surface area contributed by atoms with E-state index in [0.29, 0.717) is 12.4 Å². The molecule has 2 fully saturated rings. The van der Waals surface area contributed by atoms with E-state index < -0.39 is 21.3 Å². The van der Waals surface area contributed by atoms with Crippen LogP contribution in [0.15, 0.2) is 35.5 Å². The van der Waals surface area contributed by atoms with Crippen molar-refractivity contribution in [2.45, 2.75) is 56.3 Å². The van der Waals surface area contributed by atoms with E-state index in [1.807, 2.05) is 25.7 Å². The average molecular weight is 465 g/mol. The molecule has 0 saturated carbocycles. The molecule has 1 amide bonds. The van der Waals surface area contributed by atoms with Crippen molar-refractivity contribution in [2.24, 2.45) is 0 Å². The van der Waals surface area contributed by atoms with Gasteiger partial charge >= 0.3 is 6.09 Å². The van der Waals surface area contributed by atoms with Crippen LogP contribution in [-0.4, -0.2) is 60.0 Å². The third-order valence-electron chi connectivity index (χ3n) is 5.31. The van der Waals surface area contributed by atoms with Crippen LogP contribution in [-0.2, 0) is 14.6 Å². The molecule has 9 nitrogen and oxygen atoms in total. The van der Waals surface area contributed by atoms with E-state index in [1.54, 1.807) is 11.0 Å². The number of anilines is 1. The summed E-state index contributed by atoms with van der Waals surface area (Å²) >= 11 is 0. The van der Waals surface area contributed by atoms with Gasteiger partial charge in [-0.25, -0.2) is 27.6 Å². The lowest BCUT2D eigenvalue weighted by molar-refractivity contribution is 0.0220. The molecule has 0 spiro atoms. The number of sulfone groups is 1. The lowest BCUT2D eigenvalue weighted by Crippen LogP contribution is -2.42. The smallest absolute Gasteiger partial charge is 0.412 e. The van der Waals surface area contributed by atoms with Gasteiger partial charge in [-0.3, -0.25) is 4.90 Å². The van der Waals surface area contributed by atoms with E-state index in [2.05, 4.69) is 9.97 Å². The van der Waals surface area contributed by atoms with Crippen LogP contribution >= 0.6 is 0 Å². The maximum Gasteiger partial charge on any atom is 0.412 e. The van der Waals surface area contributed by atoms with Crippen molar-refractivity contribution >= 4 is 21.7 Å². The summed E-state index contributed by atoms with van der Waals surface area (Å²) in [7, 11) is -3.53. The van der Waals surface area contributed by atoms with Crippen molar-refractivity contribution in [1.82, 2.24) is 14.9 Å². The van der Waals surface area contributed by atoms with Gasteiger partial charge in [0.15, 0.2) is 21.4 Å². The summed E-state index contributed by atoms with van der Waals surface area (Å²) in [5, 5.41) is 0. The van der Waals surface area contributed by atoms with E-state index >= 15 is 0 Å². The molecular formula is C21H25FN4O5S. The Balaban J connectivity index is 1.52. The summed E-state index contributed by atoms with van der Waals surface area (Å²) in [5.74, 6) is -0.318. The van der Waals surface area contributed by atoms with Crippen LogP contribution in [0.1, 0.15) is 33.6 Å². The van der Waals surface area contributed by atoms with Crippen LogP contribution in [0.4, 0.5) is 15.0 Å². The van der Waals surface area contributed by atoms with Crippen LogP contribution in [0, 0.1) is 5.82 Å². The number of fused-ring (bicyclic) bond motifs is 2. The summed E-state index contributed by atoms with van der Waals surface area (Å²) in [6.45, 7) is 6.08. The van der Waals surface area contributed by atoms with Crippen LogP contribution < -0.4 is 9.64 Å². The SMILES string of the molecule is CC(C)(C)OC(=O)N1C2CCC1N(c1cc(Oc3ccc(S(C)(=O)=O)cc3F)ncn1)C2. The number of piperidine rings is 1. The fraction of sp³-hybridized carbons (Fsp3) is 0.476. The number of rotatable bonds is 4. The standard InChI is InChI=1S/C21H25FN4O5S/c1-21(2,3)31-20(27)26-13-5-8-19(26)25(11-13)17-10-18(24-12-23-17)30-16-7-6-14(9-15(16)22)32(4,28)29/h6-7,9-10,12-13,19H,5,8,11H2,1-4H3. The number of benzene rings is 1. The van der Waals surface area contributed by atoms with Crippen LogP contribution in [0.5, 0.6) is 11.6 Å². The second kappa shape index (κ2) is 7.88. The van der Waals surface area contributed by atoms with Crippen molar-refractivity contribution in [3.63, 3.8) is 0 Å². The highest BCUT2D eigenvalue weighted by Crippen LogP contribution is 2.38. The molecule has 2 aliphatic rings. The van der Waals surface area contributed by atoms with Gasteiger partial charge in [-0.1, -0.05) is 0 Å². The second-order valence-electron chi connectivity index (χ2n) is 8.93. The molecule has 0 aliphatic carbocycles. The first-order chi connectivity index (χ1) is 14.9. The minimum Gasteiger partial charge on any atom is -0.444 e. The summed E-state index contributed by atoms with van der Waals surface area (Å²) in [4.78, 5) is 24.6. The molecule has 2 aliphatic heterocycles. The lowest BCUT2D eigenvalue weighted by Gasteiger charge is -2.29. The molecule has 0 radical (unpaired) electrons. The van der Waals surface area contributed by atoms with E-state index in [9.17, 15) is 17.6 Å². The van der Waals surface area contributed by atoms with Crippen LogP contribution in [0.25, 0.3) is 0 Å². The predicted octanol–water partition coefficient (Wildman–Crippen LogP) is 3.36. The molecule has 1 aromatic heterocycles. The molecule has 3 heterocycles. The largest absolute Gasteiger partial charge is 0.444 e. The Morgan fingerprint density at radius 1 is 1.19 bits per heavy atom. The molecule has 2 saturated heterocycles. The summed E-state index contributed by atoms with van der Waals surface area (Å²) in [5.41, 5.74) is -0.587. The number of hydrogen-bond acceptors (Lipinski definition) is 8. The quantitative estimate of drug-likeness (QED) is 0.679. The molecule has 2 atom stereocenters. The Bertz CT molecular complexity index is 1150. The summed E-state index contributed by atoms with van der Waals surface area (Å²) in [6, 6.07) is 5.02. The monoisotopic (exact) mass is 464 g/mol. The van der Waals surface area contributed by atoms with Gasteiger partial charge in [0.1, 0.15) is 23.9 Å². The molecule has 2 unspecified atom stereocenters. The number of amides is 1. The lowest BCUT2D eigenvalue weighted by atomic mass is 10.1. The fourth-order valence-corrected chi connectivity index (χ4v) is 4.61. The van der Waals surface area contributed by atoms with Gasteiger partial charge in [0.05, 0.1) is 10.9 Å². The topological polar surface area (TPSA) is 102 Å². The number of nitrogens with zero attached hydrogens (tertiary/aromatic N) is 4. The molecule has 172 valence electrons. The van der Waals surface area contributed by atoms with Gasteiger partial charge in [0.25, 0.3) is 0 Å². The third kappa shape index (κ3) is 4.47. The predicted molar refractivity (Wildman–Crippen MR) is 114 cm³/mol. The van der Waals surface area contributed by atoms with Crippen molar-refractivity contribution in [1.29, 1.82) is 0 Å². The highest BCUT2D eigenvalue weighted by Gasteiger charge is 2.49. The highest BCUT2D eigenvalue weighted by molar-refractivity contribution is 7.90. The molecule has 0 N–H and O–H groups in total. The number of ether oxygens (including phenoxy) is 2. The van der Waals surface area contributed by atoms with E-state index in [-0.39, 0.29) is 34.8 Å². The van der Waals surface area contributed by atoms with Crippen molar-refractivity contribution < 1.29 is 27.1 Å². The fourth-order valence-electron chi connectivity index (χ4n) is 3.98. The zero-order chi connectivity index (χ0) is 23.3. The van der Waals surface area contributed by atoms with Crippen LogP contribution in [0.3, 0.4) is 0 Å². The first-order valence-corrected chi connectivity index (χ1v) is 12.1. The number of halogens is 1. The Kier molecular flexibility index (Phi) is 5.48. The van der Waals surface area contributed by atoms with Gasteiger partial charge in [-0.2, -0.15) is 0 Å². The molecule has 2 bridgehead atoms. The van der Waals surface area contributed by atoms with E-state index in [4.69, 9.17) is 9.47 Å². The van der Waals surface area contributed by atoms with Gasteiger partial charge < -0.3 is 14.4 Å². The Morgan fingerprint density at radius 2 is 1.94 bits per heavy atom. The van der Waals surface area contributed by atoms with Crippen LogP contribution in [0.2, 0.25) is 0 Å². The maximum absolute atomic E-state index is 14.4. The zero-order valence-electron chi connectivity index (χ0n) is 18.3. The minimum absolute atomic E-state index is 0.0233. The normalized spacial score (nSPS) is 20.5. The first-order valence-electron chi connectivity index (χ1n) is 10.2. The molecule has 1 aromatic carbocycles. The van der Waals surface area contributed by atoms with Gasteiger partial charge in [0.2, 0.25) is 5.88 Å². The minimum atomic E-state index is -3.53. The Labute approximate surface area is 186 Å².